The fourth-order valence-electron chi connectivity index (χ4n) is 20.8. The molecule has 0 spiro atoms. The minimum absolute atomic E-state index is 0. The summed E-state index contributed by atoms with van der Waals surface area (Å²) < 4.78 is 36.7. The van der Waals surface area contributed by atoms with Crippen LogP contribution in [0.5, 0.6) is 0 Å². The Morgan fingerprint density at radius 1 is 0.356 bits per heavy atom. The van der Waals surface area contributed by atoms with Crippen LogP contribution in [0.4, 0.5) is 0 Å². The van der Waals surface area contributed by atoms with Gasteiger partial charge in [-0.3, -0.25) is 28.8 Å². The highest BCUT2D eigenvalue weighted by molar-refractivity contribution is 5.79. The van der Waals surface area contributed by atoms with Crippen LogP contribution in [0.25, 0.3) is 0 Å². The molecule has 15 saturated carbocycles. The predicted molar refractivity (Wildman–Crippen MR) is 360 cm³/mol. The van der Waals surface area contributed by atoms with Crippen molar-refractivity contribution in [2.24, 2.45) is 117 Å². The van der Waals surface area contributed by atoms with E-state index in [1.54, 1.807) is 0 Å². The third-order valence-corrected chi connectivity index (χ3v) is 27.0. The lowest BCUT2D eigenvalue weighted by molar-refractivity contribution is -0.217. The molecular weight excluding hydrogens is 1130 g/mol. The highest BCUT2D eigenvalue weighted by Crippen LogP contribution is 2.63. The smallest absolute Gasteiger partial charge is 0.311 e. The van der Waals surface area contributed by atoms with Crippen LogP contribution in [0, 0.1) is 117 Å². The van der Waals surface area contributed by atoms with Crippen LogP contribution in [-0.2, 0) is 57.2 Å². The minimum atomic E-state index is -0.454. The van der Waals surface area contributed by atoms with Gasteiger partial charge < -0.3 is 28.4 Å². The van der Waals surface area contributed by atoms with E-state index in [9.17, 15) is 28.8 Å². The van der Waals surface area contributed by atoms with E-state index < -0.39 is 16.2 Å². The van der Waals surface area contributed by atoms with Gasteiger partial charge in [-0.05, 0) is 294 Å². The van der Waals surface area contributed by atoms with E-state index in [0.29, 0.717) is 41.4 Å². The zero-order chi connectivity index (χ0) is 60.1. The van der Waals surface area contributed by atoms with Gasteiger partial charge in [0.1, 0.15) is 35.1 Å². The molecule has 90 heavy (non-hydrogen) atoms. The van der Waals surface area contributed by atoms with Gasteiger partial charge in [0, 0.05) is 17.8 Å². The number of esters is 6. The first kappa shape index (κ1) is 77.5. The summed E-state index contributed by atoms with van der Waals surface area (Å²) in [5.41, 5.74) is -2.12. The molecule has 0 aromatic heterocycles. The number of rotatable bonds is 16. The first-order valence-electron chi connectivity index (χ1n) is 35.0. The maximum absolute atomic E-state index is 13.5. The zero-order valence-corrected chi connectivity index (χ0v) is 54.2. The average molecular weight is 1270 g/mol. The number of fused-ring (bicyclic) bond motifs is 6. The molecule has 15 aliphatic carbocycles. The summed E-state index contributed by atoms with van der Waals surface area (Å²) in [5, 5.41) is 0. The van der Waals surface area contributed by atoms with E-state index in [1.807, 2.05) is 62.3 Å². The number of ether oxygens (including phenoxy) is 6. The molecular formula is C78H136O12. The average Bonchev–Trinajstić information content (AvgIpc) is 0.929. The Kier molecular flexibility index (Phi) is 25.4. The Hall–Kier alpha value is -3.18. The summed E-state index contributed by atoms with van der Waals surface area (Å²) in [4.78, 5) is 77.4. The first-order valence-corrected chi connectivity index (χ1v) is 35.0. The summed E-state index contributed by atoms with van der Waals surface area (Å²) in [6.07, 6.45) is 29.8. The standard InChI is InChI=1S/C26H40O4.C25H38O4.C21H34O4.6CH4/c1-5-25(3,4)24(28)29-22-14-17-12-20(22)21(13-17)23(27)30-26(6-2)18-8-15-7-16(10-18)11-19(26)9-15;1-5-24(2,3)23(27)28-21-13-16-11-19(21)20(12-16)22(26)29-25(4)17-7-14-6-15(9-17)10-18(25)8-14;1-5-20(2,3)19(23)24-17-13-14-11-15(17)16(12-14)18(22)25-21(4)9-7-6-8-10-21;;;;;;/h15-22H,5-14H2,1-4H3;14-21H,5-13H2,1-4H3;14-17H,5-13H2,1-4H3;6*1H4. The topological polar surface area (TPSA) is 158 Å². The van der Waals surface area contributed by atoms with Gasteiger partial charge in [0.15, 0.2) is 0 Å². The molecule has 520 valence electrons. The third kappa shape index (κ3) is 14.9. The van der Waals surface area contributed by atoms with Gasteiger partial charge in [0.25, 0.3) is 0 Å². The molecule has 15 rings (SSSR count). The molecule has 12 unspecified atom stereocenters. The van der Waals surface area contributed by atoms with Crippen LogP contribution in [0.2, 0.25) is 0 Å². The Balaban J connectivity index is 0.000000239. The van der Waals surface area contributed by atoms with Crippen LogP contribution in [0.1, 0.15) is 307 Å². The van der Waals surface area contributed by atoms with Gasteiger partial charge in [0.05, 0.1) is 34.0 Å². The van der Waals surface area contributed by atoms with Gasteiger partial charge in [-0.2, -0.15) is 0 Å². The van der Waals surface area contributed by atoms with Crippen LogP contribution < -0.4 is 0 Å². The molecule has 0 saturated heterocycles. The Morgan fingerprint density at radius 3 is 0.944 bits per heavy atom. The van der Waals surface area contributed by atoms with Crippen LogP contribution in [0.15, 0.2) is 0 Å². The fourth-order valence-corrected chi connectivity index (χ4v) is 20.8. The Labute approximate surface area is 549 Å². The molecule has 15 aliphatic rings. The molecule has 15 fully saturated rings. The third-order valence-electron chi connectivity index (χ3n) is 27.0. The Bertz CT molecular complexity index is 2390. The zero-order valence-electron chi connectivity index (χ0n) is 54.2. The monoisotopic (exact) mass is 1270 g/mol. The number of hydrogen-bond donors (Lipinski definition) is 0. The van der Waals surface area contributed by atoms with E-state index in [4.69, 9.17) is 28.4 Å². The van der Waals surface area contributed by atoms with Crippen LogP contribution >= 0.6 is 0 Å². The van der Waals surface area contributed by atoms with Crippen molar-refractivity contribution in [3.8, 4) is 0 Å². The van der Waals surface area contributed by atoms with Crippen LogP contribution in [-0.4, -0.2) is 70.9 Å². The van der Waals surface area contributed by atoms with E-state index in [2.05, 4.69) is 20.8 Å². The summed E-state index contributed by atoms with van der Waals surface area (Å²) in [5.74, 6) is 7.11. The van der Waals surface area contributed by atoms with Gasteiger partial charge >= 0.3 is 35.8 Å². The highest BCUT2D eigenvalue weighted by atomic mass is 16.6. The van der Waals surface area contributed by atoms with E-state index in [0.717, 1.165) is 133 Å². The summed E-state index contributed by atoms with van der Waals surface area (Å²) in [7, 11) is 0. The molecule has 0 aliphatic heterocycles. The molecule has 14 bridgehead atoms. The molecule has 0 aromatic rings. The molecule has 0 N–H and O–H groups in total. The van der Waals surface area contributed by atoms with Crippen molar-refractivity contribution in [1.82, 2.24) is 0 Å². The second kappa shape index (κ2) is 29.4. The fraction of sp³-hybridized carbons (Fsp3) is 0.923. The number of hydrogen-bond acceptors (Lipinski definition) is 12. The lowest BCUT2D eigenvalue weighted by Gasteiger charge is -2.60. The molecule has 0 aromatic carbocycles. The van der Waals surface area contributed by atoms with E-state index in [1.165, 1.54) is 70.6 Å². The SMILES string of the molecule is C.C.C.C.C.C.CCC(C)(C)C(=O)OC1CC2CC(C(=O)OC3(C)C4CC5CC(C4)CC3C5)C1C2.CCC(C)(C)C(=O)OC1CC2CC(C(=O)OC3(C)CCCCC3)C1C2.CCC(C)(C)C(=O)OC1CC2CC(C(=O)OC3(CC)C4CC5CC(C4)CC3C5)C1C2. The molecule has 12 heteroatoms. The molecule has 0 amide bonds. The van der Waals surface area contributed by atoms with Gasteiger partial charge in [-0.1, -0.05) is 78.7 Å². The van der Waals surface area contributed by atoms with Crippen molar-refractivity contribution in [3.05, 3.63) is 0 Å². The van der Waals surface area contributed by atoms with Crippen molar-refractivity contribution >= 4 is 35.8 Å². The maximum Gasteiger partial charge on any atom is 0.311 e. The van der Waals surface area contributed by atoms with Crippen molar-refractivity contribution in [2.45, 2.75) is 343 Å². The van der Waals surface area contributed by atoms with Crippen molar-refractivity contribution < 1.29 is 57.2 Å². The molecule has 0 radical (unpaired) electrons. The van der Waals surface area contributed by atoms with Gasteiger partial charge in [-0.25, -0.2) is 0 Å². The lowest BCUT2D eigenvalue weighted by Crippen LogP contribution is -2.60. The van der Waals surface area contributed by atoms with Crippen molar-refractivity contribution in [2.75, 3.05) is 0 Å². The lowest BCUT2D eigenvalue weighted by atomic mass is 9.49. The summed E-state index contributed by atoms with van der Waals surface area (Å²) in [6, 6.07) is 0. The van der Waals surface area contributed by atoms with Crippen molar-refractivity contribution in [1.29, 1.82) is 0 Å². The van der Waals surface area contributed by atoms with Gasteiger partial charge in [-0.15, -0.1) is 0 Å². The minimum Gasteiger partial charge on any atom is -0.462 e. The van der Waals surface area contributed by atoms with Crippen LogP contribution in [0.3, 0.4) is 0 Å². The quantitative estimate of drug-likeness (QED) is 0.107. The number of carbonyl (C=O) groups is 6. The second-order valence-corrected chi connectivity index (χ2v) is 33.4. The Morgan fingerprint density at radius 2 is 0.644 bits per heavy atom. The maximum atomic E-state index is 13.5. The first-order chi connectivity index (χ1) is 39.7. The largest absolute Gasteiger partial charge is 0.462 e. The summed E-state index contributed by atoms with van der Waals surface area (Å²) >= 11 is 0. The van der Waals surface area contributed by atoms with E-state index in [-0.39, 0.29) is 151 Å². The van der Waals surface area contributed by atoms with E-state index >= 15 is 0 Å². The molecule has 12 atom stereocenters. The number of carbonyl (C=O) groups excluding carboxylic acids is 6. The van der Waals surface area contributed by atoms with Crippen molar-refractivity contribution in [3.63, 3.8) is 0 Å². The second-order valence-electron chi connectivity index (χ2n) is 33.4. The molecule has 0 heterocycles. The molecule has 12 nitrogen and oxygen atoms in total. The highest BCUT2D eigenvalue weighted by Gasteiger charge is 2.62. The summed E-state index contributed by atoms with van der Waals surface area (Å²) in [6.45, 7) is 24.2. The predicted octanol–water partition coefficient (Wildman–Crippen LogP) is 19.1. The normalized spacial score (nSPS) is 40.1. The van der Waals surface area contributed by atoms with Gasteiger partial charge in [0.2, 0.25) is 0 Å².